The smallest absolute Gasteiger partial charge is 0.206 e. The van der Waals surface area contributed by atoms with Crippen LogP contribution in [0.1, 0.15) is 0 Å². The number of benzene rings is 2. The van der Waals surface area contributed by atoms with Crippen LogP contribution in [0.15, 0.2) is 0 Å². The standard InChI is InChI=1S/2C6HF5O.Zr/c2*7-1-2(8)4(10)6(12)5(11)3(1)9;/h2*12H;. The Bertz CT molecular complexity index is 534. The molecular formula is C12H2F10O2Zr. The minimum absolute atomic E-state index is 0. The molecule has 13 heteroatoms. The molecule has 0 aliphatic rings. The van der Waals surface area contributed by atoms with Crippen LogP contribution in [0.2, 0.25) is 0 Å². The Morgan fingerprint density at radius 3 is 0.600 bits per heavy atom. The van der Waals surface area contributed by atoms with Crippen molar-refractivity contribution in [2.45, 2.75) is 0 Å². The average Bonchev–Trinajstić information content (AvgIpc) is 2.58. The monoisotopic (exact) mass is 458 g/mol. The number of phenolic OH excluding ortho intramolecular Hbond substituents is 2. The molecule has 0 fully saturated rings. The van der Waals surface area contributed by atoms with Gasteiger partial charge in [-0.05, 0) is 0 Å². The van der Waals surface area contributed by atoms with Gasteiger partial charge >= 0.3 is 0 Å². The van der Waals surface area contributed by atoms with E-state index in [1.54, 1.807) is 0 Å². The molecule has 0 aliphatic carbocycles. The fraction of sp³-hybridized carbons (Fsp3) is 0. The molecular weight excluding hydrogens is 457 g/mol. The molecule has 0 amide bonds. The number of phenols is 2. The number of aromatic hydroxyl groups is 2. The van der Waals surface area contributed by atoms with Crippen LogP contribution in [0.25, 0.3) is 0 Å². The Hall–Kier alpha value is -1.78. The molecule has 0 heterocycles. The first kappa shape index (κ1) is 23.2. The molecule has 0 aromatic heterocycles. The second kappa shape index (κ2) is 8.55. The van der Waals surface area contributed by atoms with Gasteiger partial charge in [-0.3, -0.25) is 0 Å². The number of halogens is 10. The third kappa shape index (κ3) is 4.25. The Morgan fingerprint density at radius 1 is 0.320 bits per heavy atom. The number of rotatable bonds is 0. The van der Waals surface area contributed by atoms with Crippen molar-refractivity contribution >= 4 is 0 Å². The molecule has 136 valence electrons. The van der Waals surface area contributed by atoms with E-state index < -0.39 is 69.7 Å². The van der Waals surface area contributed by atoms with E-state index in [2.05, 4.69) is 0 Å². The van der Waals surface area contributed by atoms with Crippen LogP contribution in [0.4, 0.5) is 43.9 Å². The summed E-state index contributed by atoms with van der Waals surface area (Å²) in [6, 6.07) is 0. The van der Waals surface area contributed by atoms with Gasteiger partial charge in [-0.1, -0.05) is 0 Å². The van der Waals surface area contributed by atoms with Crippen LogP contribution in [0.3, 0.4) is 0 Å². The predicted octanol–water partition coefficient (Wildman–Crippen LogP) is 4.17. The first-order valence-corrected chi connectivity index (χ1v) is 5.34. The van der Waals surface area contributed by atoms with E-state index in [1.807, 2.05) is 0 Å². The fourth-order valence-electron chi connectivity index (χ4n) is 1.19. The van der Waals surface area contributed by atoms with Crippen molar-refractivity contribution in [3.8, 4) is 11.5 Å². The van der Waals surface area contributed by atoms with E-state index in [0.29, 0.717) is 0 Å². The van der Waals surface area contributed by atoms with Crippen molar-refractivity contribution in [1.82, 2.24) is 0 Å². The second-order valence-corrected chi connectivity index (χ2v) is 3.84. The molecule has 0 aliphatic heterocycles. The van der Waals surface area contributed by atoms with Gasteiger partial charge in [-0.2, -0.15) is 17.6 Å². The molecule has 2 aromatic carbocycles. The molecule has 2 aromatic rings. The third-order valence-corrected chi connectivity index (χ3v) is 2.37. The van der Waals surface area contributed by atoms with Crippen molar-refractivity contribution in [2.24, 2.45) is 0 Å². The predicted molar refractivity (Wildman–Crippen MR) is 55.8 cm³/mol. The summed E-state index contributed by atoms with van der Waals surface area (Å²) in [5, 5.41) is 16.6. The van der Waals surface area contributed by atoms with Gasteiger partial charge in [0.25, 0.3) is 0 Å². The second-order valence-electron chi connectivity index (χ2n) is 3.84. The molecule has 2 N–H and O–H groups in total. The maximum absolute atomic E-state index is 12.2. The molecule has 2 rings (SSSR count). The molecule has 0 spiro atoms. The first-order chi connectivity index (χ1) is 10.9. The van der Waals surface area contributed by atoms with E-state index in [9.17, 15) is 43.9 Å². The van der Waals surface area contributed by atoms with E-state index in [-0.39, 0.29) is 26.2 Å². The molecule has 0 saturated heterocycles. The maximum Gasteiger partial charge on any atom is 0.206 e. The third-order valence-electron chi connectivity index (χ3n) is 2.37. The van der Waals surface area contributed by atoms with Crippen molar-refractivity contribution in [2.75, 3.05) is 0 Å². The van der Waals surface area contributed by atoms with Crippen molar-refractivity contribution in [1.29, 1.82) is 0 Å². The molecule has 0 radical (unpaired) electrons. The summed E-state index contributed by atoms with van der Waals surface area (Å²) in [4.78, 5) is 0. The zero-order valence-corrected chi connectivity index (χ0v) is 13.6. The molecule has 25 heavy (non-hydrogen) atoms. The largest absolute Gasteiger partial charge is 0.503 e. The Labute approximate surface area is 150 Å². The van der Waals surface area contributed by atoms with Crippen LogP contribution in [0, 0.1) is 58.2 Å². The zero-order chi connectivity index (χ0) is 18.9. The van der Waals surface area contributed by atoms with Gasteiger partial charge < -0.3 is 10.2 Å². The van der Waals surface area contributed by atoms with E-state index >= 15 is 0 Å². The van der Waals surface area contributed by atoms with Gasteiger partial charge in [0.05, 0.1) is 0 Å². The Balaban J connectivity index is 0.000000443. The van der Waals surface area contributed by atoms with Crippen LogP contribution < -0.4 is 0 Å². The molecule has 0 saturated carbocycles. The average molecular weight is 459 g/mol. The Kier molecular flexibility index (Phi) is 7.94. The first-order valence-electron chi connectivity index (χ1n) is 5.34. The quantitative estimate of drug-likeness (QED) is 0.353. The molecule has 0 atom stereocenters. The van der Waals surface area contributed by atoms with Crippen LogP contribution in [-0.4, -0.2) is 10.2 Å². The van der Waals surface area contributed by atoms with Gasteiger partial charge in [0.1, 0.15) is 0 Å². The molecule has 0 bridgehead atoms. The summed E-state index contributed by atoms with van der Waals surface area (Å²) in [6.07, 6.45) is 0. The molecule has 0 unspecified atom stereocenters. The van der Waals surface area contributed by atoms with Crippen LogP contribution in [-0.2, 0) is 26.2 Å². The van der Waals surface area contributed by atoms with Crippen molar-refractivity contribution in [3.05, 3.63) is 58.2 Å². The van der Waals surface area contributed by atoms with Crippen LogP contribution >= 0.6 is 0 Å². The molecule has 2 nitrogen and oxygen atoms in total. The fourth-order valence-corrected chi connectivity index (χ4v) is 1.19. The number of hydrogen-bond acceptors (Lipinski definition) is 2. The van der Waals surface area contributed by atoms with Gasteiger partial charge in [-0.15, -0.1) is 0 Å². The topological polar surface area (TPSA) is 40.5 Å². The minimum Gasteiger partial charge on any atom is -0.503 e. The normalized spacial score (nSPS) is 10.0. The van der Waals surface area contributed by atoms with E-state index in [4.69, 9.17) is 10.2 Å². The zero-order valence-electron chi connectivity index (χ0n) is 11.2. The minimum atomic E-state index is -2.29. The summed E-state index contributed by atoms with van der Waals surface area (Å²) in [5.41, 5.74) is 0. The van der Waals surface area contributed by atoms with E-state index in [0.717, 1.165) is 0 Å². The van der Waals surface area contributed by atoms with Gasteiger partial charge in [0.2, 0.25) is 58.2 Å². The summed E-state index contributed by atoms with van der Waals surface area (Å²) in [5.74, 6) is -25.9. The van der Waals surface area contributed by atoms with Gasteiger partial charge in [0.15, 0.2) is 11.5 Å². The van der Waals surface area contributed by atoms with Crippen LogP contribution in [0.5, 0.6) is 11.5 Å². The summed E-state index contributed by atoms with van der Waals surface area (Å²) in [7, 11) is 0. The summed E-state index contributed by atoms with van der Waals surface area (Å²) < 4.78 is 121. The number of hydrogen-bond donors (Lipinski definition) is 2. The maximum atomic E-state index is 12.2. The summed E-state index contributed by atoms with van der Waals surface area (Å²) >= 11 is 0. The SMILES string of the molecule is Oc1c(F)c(F)c(F)c(F)c1F.Oc1c(F)c(F)c(F)c(F)c1F.[Zr]. The Morgan fingerprint density at radius 2 is 0.440 bits per heavy atom. The van der Waals surface area contributed by atoms with Crippen molar-refractivity contribution in [3.63, 3.8) is 0 Å². The van der Waals surface area contributed by atoms with Gasteiger partial charge in [0, 0.05) is 26.2 Å². The van der Waals surface area contributed by atoms with Crippen molar-refractivity contribution < 1.29 is 80.3 Å². The van der Waals surface area contributed by atoms with Gasteiger partial charge in [-0.25, -0.2) is 26.3 Å². The van der Waals surface area contributed by atoms with E-state index in [1.165, 1.54) is 0 Å². The summed E-state index contributed by atoms with van der Waals surface area (Å²) in [6.45, 7) is 0.